The number of likely N-dealkylation sites (N-methyl/N-ethyl adjacent to an activating group) is 1. The van der Waals surface area contributed by atoms with E-state index < -0.39 is 0 Å². The Labute approximate surface area is 181 Å². The molecule has 8 heteroatoms. The molecule has 2 N–H and O–H groups in total. The van der Waals surface area contributed by atoms with Crippen molar-refractivity contribution in [3.05, 3.63) is 46.5 Å². The maximum Gasteiger partial charge on any atom is 0.238 e. The molecule has 0 fully saturated rings. The summed E-state index contributed by atoms with van der Waals surface area (Å²) in [7, 11) is 0. The highest BCUT2D eigenvalue weighted by molar-refractivity contribution is 6.34. The predicted molar refractivity (Wildman–Crippen MR) is 118 cm³/mol. The number of hydrogen-bond acceptors (Lipinski definition) is 5. The van der Waals surface area contributed by atoms with Gasteiger partial charge >= 0.3 is 0 Å². The SMILES string of the molecule is CCN(CC(=O)Nc1ccc2c(c1)OCCO2)CC(=O)Nc1c(C)cc(C)cc1Cl. The van der Waals surface area contributed by atoms with E-state index in [1.165, 1.54) is 0 Å². The lowest BCUT2D eigenvalue weighted by molar-refractivity contribution is -0.119. The van der Waals surface area contributed by atoms with Crippen molar-refractivity contribution in [3.63, 3.8) is 0 Å². The maximum atomic E-state index is 12.5. The third-order valence-corrected chi connectivity index (χ3v) is 5.00. The first-order chi connectivity index (χ1) is 14.4. The van der Waals surface area contributed by atoms with Crippen LogP contribution in [0, 0.1) is 13.8 Å². The van der Waals surface area contributed by atoms with Crippen LogP contribution in [-0.2, 0) is 9.59 Å². The molecule has 0 radical (unpaired) electrons. The van der Waals surface area contributed by atoms with E-state index >= 15 is 0 Å². The van der Waals surface area contributed by atoms with Crippen molar-refractivity contribution in [2.75, 3.05) is 43.5 Å². The van der Waals surface area contributed by atoms with E-state index in [-0.39, 0.29) is 24.9 Å². The van der Waals surface area contributed by atoms with Gasteiger partial charge in [0.15, 0.2) is 11.5 Å². The molecule has 1 heterocycles. The Kier molecular flexibility index (Phi) is 7.18. The second-order valence-corrected chi connectivity index (χ2v) is 7.60. The number of hydrogen-bond donors (Lipinski definition) is 2. The van der Waals surface area contributed by atoms with E-state index in [9.17, 15) is 9.59 Å². The summed E-state index contributed by atoms with van der Waals surface area (Å²) in [5, 5.41) is 6.19. The van der Waals surface area contributed by atoms with Crippen molar-refractivity contribution in [1.29, 1.82) is 0 Å². The van der Waals surface area contributed by atoms with Crippen molar-refractivity contribution in [2.24, 2.45) is 0 Å². The highest BCUT2D eigenvalue weighted by Crippen LogP contribution is 2.32. The molecule has 0 unspecified atom stereocenters. The standard InChI is InChI=1S/C22H26ClN3O4/c1-4-26(13-21(28)25-22-15(3)9-14(2)10-17(22)23)12-20(27)24-16-5-6-18-19(11-16)30-8-7-29-18/h5-6,9-11H,4,7-8,12-13H2,1-3H3,(H,24,27)(H,25,28). The number of rotatable bonds is 7. The molecular formula is C22H26ClN3O4. The number of fused-ring (bicyclic) bond motifs is 1. The van der Waals surface area contributed by atoms with Gasteiger partial charge in [0, 0.05) is 11.8 Å². The molecule has 0 spiro atoms. The molecular weight excluding hydrogens is 406 g/mol. The zero-order valence-electron chi connectivity index (χ0n) is 17.4. The van der Waals surface area contributed by atoms with Gasteiger partial charge in [-0.15, -0.1) is 0 Å². The zero-order chi connectivity index (χ0) is 21.7. The summed E-state index contributed by atoms with van der Waals surface area (Å²) in [5.41, 5.74) is 3.14. The lowest BCUT2D eigenvalue weighted by Gasteiger charge is -2.21. The van der Waals surface area contributed by atoms with Crippen LogP contribution in [0.25, 0.3) is 0 Å². The van der Waals surface area contributed by atoms with Crippen molar-refractivity contribution in [3.8, 4) is 11.5 Å². The molecule has 0 saturated heterocycles. The fourth-order valence-electron chi connectivity index (χ4n) is 3.26. The van der Waals surface area contributed by atoms with Crippen LogP contribution < -0.4 is 20.1 Å². The van der Waals surface area contributed by atoms with Crippen LogP contribution >= 0.6 is 11.6 Å². The molecule has 0 aliphatic carbocycles. The van der Waals surface area contributed by atoms with Crippen LogP contribution in [0.4, 0.5) is 11.4 Å². The first-order valence-electron chi connectivity index (χ1n) is 9.84. The van der Waals surface area contributed by atoms with E-state index in [2.05, 4.69) is 10.6 Å². The molecule has 7 nitrogen and oxygen atoms in total. The Morgan fingerprint density at radius 2 is 1.67 bits per heavy atom. The third kappa shape index (κ3) is 5.64. The molecule has 2 aromatic carbocycles. The monoisotopic (exact) mass is 431 g/mol. The normalized spacial score (nSPS) is 12.6. The van der Waals surface area contributed by atoms with Gasteiger partial charge in [-0.1, -0.05) is 24.6 Å². The Hall–Kier alpha value is -2.77. The average molecular weight is 432 g/mol. The molecule has 0 atom stereocenters. The number of ether oxygens (including phenoxy) is 2. The van der Waals surface area contributed by atoms with Gasteiger partial charge < -0.3 is 20.1 Å². The molecule has 0 saturated carbocycles. The molecule has 2 aromatic rings. The summed E-state index contributed by atoms with van der Waals surface area (Å²) in [5.74, 6) is 0.830. The summed E-state index contributed by atoms with van der Waals surface area (Å²) in [6.07, 6.45) is 0. The summed E-state index contributed by atoms with van der Waals surface area (Å²) < 4.78 is 11.0. The topological polar surface area (TPSA) is 79.9 Å². The predicted octanol–water partition coefficient (Wildman–Crippen LogP) is 3.63. The molecule has 3 rings (SSSR count). The van der Waals surface area contributed by atoms with Crippen molar-refractivity contribution in [1.82, 2.24) is 4.90 Å². The number of aryl methyl sites for hydroxylation is 2. The molecule has 0 aromatic heterocycles. The Bertz CT molecular complexity index is 925. The number of amides is 2. The number of benzene rings is 2. The quantitative estimate of drug-likeness (QED) is 0.699. The van der Waals surface area contributed by atoms with Gasteiger partial charge in [-0.25, -0.2) is 0 Å². The van der Waals surface area contributed by atoms with Crippen LogP contribution in [0.2, 0.25) is 5.02 Å². The van der Waals surface area contributed by atoms with Gasteiger partial charge in [0.05, 0.1) is 23.8 Å². The Morgan fingerprint density at radius 3 is 2.33 bits per heavy atom. The van der Waals surface area contributed by atoms with Crippen LogP contribution in [-0.4, -0.2) is 49.6 Å². The minimum Gasteiger partial charge on any atom is -0.486 e. The van der Waals surface area contributed by atoms with Crippen LogP contribution in [0.3, 0.4) is 0 Å². The number of carbonyl (C=O) groups excluding carboxylic acids is 2. The first-order valence-corrected chi connectivity index (χ1v) is 10.2. The lowest BCUT2D eigenvalue weighted by Crippen LogP contribution is -2.38. The molecule has 0 bridgehead atoms. The van der Waals surface area contributed by atoms with Crippen molar-refractivity contribution in [2.45, 2.75) is 20.8 Å². The molecule has 1 aliphatic rings. The zero-order valence-corrected chi connectivity index (χ0v) is 18.1. The van der Waals surface area contributed by atoms with Crippen molar-refractivity contribution < 1.29 is 19.1 Å². The second kappa shape index (κ2) is 9.82. The van der Waals surface area contributed by atoms with E-state index in [1.807, 2.05) is 32.9 Å². The molecule has 30 heavy (non-hydrogen) atoms. The number of anilines is 2. The molecule has 2 amide bonds. The van der Waals surface area contributed by atoms with Gasteiger partial charge in [0.2, 0.25) is 11.8 Å². The maximum absolute atomic E-state index is 12.5. The second-order valence-electron chi connectivity index (χ2n) is 7.20. The Balaban J connectivity index is 1.56. The van der Waals surface area contributed by atoms with Crippen LogP contribution in [0.1, 0.15) is 18.1 Å². The van der Waals surface area contributed by atoms with Gasteiger partial charge in [-0.2, -0.15) is 0 Å². The minimum absolute atomic E-state index is 0.0781. The first kappa shape index (κ1) is 21.9. The van der Waals surface area contributed by atoms with Gasteiger partial charge in [0.25, 0.3) is 0 Å². The van der Waals surface area contributed by atoms with E-state index in [4.69, 9.17) is 21.1 Å². The highest BCUT2D eigenvalue weighted by Gasteiger charge is 2.17. The van der Waals surface area contributed by atoms with Gasteiger partial charge in [0.1, 0.15) is 13.2 Å². The largest absolute Gasteiger partial charge is 0.486 e. The minimum atomic E-state index is -0.224. The Morgan fingerprint density at radius 1 is 1.00 bits per heavy atom. The van der Waals surface area contributed by atoms with Crippen LogP contribution in [0.5, 0.6) is 11.5 Å². The summed E-state index contributed by atoms with van der Waals surface area (Å²) >= 11 is 6.26. The fraction of sp³-hybridized carbons (Fsp3) is 0.364. The molecule has 1 aliphatic heterocycles. The van der Waals surface area contributed by atoms with Crippen LogP contribution in [0.15, 0.2) is 30.3 Å². The summed E-state index contributed by atoms with van der Waals surface area (Å²) in [6.45, 7) is 7.44. The lowest BCUT2D eigenvalue weighted by atomic mass is 10.1. The summed E-state index contributed by atoms with van der Waals surface area (Å²) in [6, 6.07) is 9.03. The number of nitrogens with zero attached hydrogens (tertiary/aromatic N) is 1. The van der Waals surface area contributed by atoms with Crippen molar-refractivity contribution >= 4 is 34.8 Å². The average Bonchev–Trinajstić information content (AvgIpc) is 2.70. The highest BCUT2D eigenvalue weighted by atomic mass is 35.5. The van der Waals surface area contributed by atoms with Gasteiger partial charge in [-0.3, -0.25) is 14.5 Å². The number of nitrogens with one attached hydrogen (secondary N) is 2. The molecule has 160 valence electrons. The summed E-state index contributed by atoms with van der Waals surface area (Å²) in [4.78, 5) is 26.7. The smallest absolute Gasteiger partial charge is 0.238 e. The van der Waals surface area contributed by atoms with E-state index in [0.717, 1.165) is 11.1 Å². The third-order valence-electron chi connectivity index (χ3n) is 4.70. The van der Waals surface area contributed by atoms with E-state index in [1.54, 1.807) is 23.1 Å². The van der Waals surface area contributed by atoms with E-state index in [0.29, 0.717) is 47.7 Å². The number of carbonyl (C=O) groups is 2. The fourth-order valence-corrected chi connectivity index (χ4v) is 3.63. The number of halogens is 1. The van der Waals surface area contributed by atoms with Gasteiger partial charge in [-0.05, 0) is 49.7 Å².